The lowest BCUT2D eigenvalue weighted by atomic mass is 9.79. The van der Waals surface area contributed by atoms with E-state index in [0.29, 0.717) is 22.9 Å². The van der Waals surface area contributed by atoms with Crippen LogP contribution in [0.1, 0.15) is 56.7 Å². The van der Waals surface area contributed by atoms with Gasteiger partial charge in [-0.1, -0.05) is 24.6 Å². The maximum absolute atomic E-state index is 13.4. The molecule has 0 saturated carbocycles. The third-order valence-electron chi connectivity index (χ3n) is 6.75. The molecule has 0 bridgehead atoms. The number of anilines is 2. The Labute approximate surface area is 206 Å². The van der Waals surface area contributed by atoms with Gasteiger partial charge in [0, 0.05) is 29.4 Å². The summed E-state index contributed by atoms with van der Waals surface area (Å²) in [6.07, 6.45) is 2.62. The van der Waals surface area contributed by atoms with Gasteiger partial charge >= 0.3 is 0 Å². The second-order valence-electron chi connectivity index (χ2n) is 9.61. The summed E-state index contributed by atoms with van der Waals surface area (Å²) in [4.78, 5) is 30.0. The average Bonchev–Trinajstić information content (AvgIpc) is 2.77. The topological polar surface area (TPSA) is 61.9 Å². The number of nitrogens with one attached hydrogen (secondary N) is 1. The smallest absolute Gasteiger partial charge is 0.270 e. The molecule has 1 fully saturated rings. The zero-order valence-electron chi connectivity index (χ0n) is 20.6. The third kappa shape index (κ3) is 4.09. The summed E-state index contributed by atoms with van der Waals surface area (Å²) >= 11 is 5.32. The van der Waals surface area contributed by atoms with E-state index < -0.39 is 11.8 Å². The van der Waals surface area contributed by atoms with Gasteiger partial charge in [0.1, 0.15) is 11.3 Å². The van der Waals surface area contributed by atoms with Gasteiger partial charge in [0.25, 0.3) is 11.8 Å². The Morgan fingerprint density at radius 1 is 1.21 bits per heavy atom. The molecular weight excluding hydrogens is 446 g/mol. The number of ether oxygens (including phenoxy) is 1. The third-order valence-corrected chi connectivity index (χ3v) is 7.03. The predicted octanol–water partition coefficient (Wildman–Crippen LogP) is 4.95. The van der Waals surface area contributed by atoms with Crippen molar-refractivity contribution in [1.82, 2.24) is 5.32 Å². The van der Waals surface area contributed by atoms with Gasteiger partial charge in [-0.25, -0.2) is 0 Å². The van der Waals surface area contributed by atoms with Gasteiger partial charge in [-0.15, -0.1) is 0 Å². The molecular formula is C27H31N3O3S. The Hall–Kier alpha value is -3.19. The zero-order valence-corrected chi connectivity index (χ0v) is 21.4. The van der Waals surface area contributed by atoms with Crippen LogP contribution in [-0.2, 0) is 9.59 Å². The molecule has 2 aliphatic heterocycles. The van der Waals surface area contributed by atoms with E-state index in [9.17, 15) is 9.59 Å². The molecule has 0 radical (unpaired) electrons. The van der Waals surface area contributed by atoms with Gasteiger partial charge in [0.2, 0.25) is 0 Å². The minimum atomic E-state index is -0.512. The van der Waals surface area contributed by atoms with E-state index in [1.54, 1.807) is 13.2 Å². The molecule has 1 N–H and O–H groups in total. The predicted molar refractivity (Wildman–Crippen MR) is 141 cm³/mol. The number of carbonyl (C=O) groups is 2. The molecule has 4 rings (SSSR count). The standard InChI is InChI=1S/C27H31N3O3S/c1-7-29-22-14-23(33-6)18(12-20(22)17(3)15-27(29,4)5)13-21-24(31)28-26(34)30(25(21)32)19-10-8-16(2)9-11-19/h8-14,17H,7,15H2,1-6H3,(H,28,31,34)/b21-13-. The van der Waals surface area contributed by atoms with Crippen molar-refractivity contribution in [3.63, 3.8) is 0 Å². The molecule has 1 atom stereocenters. The van der Waals surface area contributed by atoms with Crippen LogP contribution in [0.2, 0.25) is 0 Å². The lowest BCUT2D eigenvalue weighted by molar-refractivity contribution is -0.122. The van der Waals surface area contributed by atoms with Gasteiger partial charge in [-0.05, 0) is 82.1 Å². The van der Waals surface area contributed by atoms with Crippen molar-refractivity contribution < 1.29 is 14.3 Å². The van der Waals surface area contributed by atoms with Crippen molar-refractivity contribution >= 4 is 46.6 Å². The number of benzene rings is 2. The number of nitrogens with zero attached hydrogens (tertiary/aromatic N) is 2. The maximum atomic E-state index is 13.4. The van der Waals surface area contributed by atoms with Crippen molar-refractivity contribution in [2.75, 3.05) is 23.5 Å². The quantitative estimate of drug-likeness (QED) is 0.384. The number of thiocarbonyl (C=S) groups is 1. The first-order valence-electron chi connectivity index (χ1n) is 11.5. The molecule has 2 aliphatic rings. The Kier molecular flexibility index (Phi) is 6.25. The van der Waals surface area contributed by atoms with E-state index in [4.69, 9.17) is 17.0 Å². The average molecular weight is 478 g/mol. The molecule has 1 unspecified atom stereocenters. The SMILES string of the molecule is CCN1c2cc(OC)c(/C=C3/C(=O)NC(=S)N(c4ccc(C)cc4)C3=O)cc2C(C)CC1(C)C. The van der Waals surface area contributed by atoms with Crippen LogP contribution in [0.15, 0.2) is 42.0 Å². The summed E-state index contributed by atoms with van der Waals surface area (Å²) in [6, 6.07) is 11.5. The number of fused-ring (bicyclic) bond motifs is 1. The van der Waals surface area contributed by atoms with Crippen molar-refractivity contribution in [1.29, 1.82) is 0 Å². The van der Waals surface area contributed by atoms with E-state index in [1.165, 1.54) is 10.5 Å². The van der Waals surface area contributed by atoms with E-state index in [0.717, 1.165) is 24.2 Å². The van der Waals surface area contributed by atoms with Crippen molar-refractivity contribution in [3.8, 4) is 5.75 Å². The lowest BCUT2D eigenvalue weighted by Gasteiger charge is -2.47. The summed E-state index contributed by atoms with van der Waals surface area (Å²) in [5.74, 6) is -0.0298. The summed E-state index contributed by atoms with van der Waals surface area (Å²) in [7, 11) is 1.61. The summed E-state index contributed by atoms with van der Waals surface area (Å²) in [6.45, 7) is 11.7. The molecule has 1 saturated heterocycles. The molecule has 2 amide bonds. The lowest BCUT2D eigenvalue weighted by Crippen LogP contribution is -2.54. The number of carbonyl (C=O) groups excluding carboxylic acids is 2. The van der Waals surface area contributed by atoms with Crippen LogP contribution in [-0.4, -0.2) is 36.1 Å². The van der Waals surface area contributed by atoms with Crippen LogP contribution >= 0.6 is 12.2 Å². The monoisotopic (exact) mass is 477 g/mol. The summed E-state index contributed by atoms with van der Waals surface area (Å²) in [5, 5.41) is 2.73. The molecule has 178 valence electrons. The minimum absolute atomic E-state index is 0.0172. The van der Waals surface area contributed by atoms with Crippen LogP contribution < -0.4 is 19.9 Å². The number of rotatable bonds is 4. The fraction of sp³-hybridized carbons (Fsp3) is 0.370. The first kappa shape index (κ1) is 24.0. The van der Waals surface area contributed by atoms with E-state index in [2.05, 4.69) is 37.9 Å². The highest BCUT2D eigenvalue weighted by Gasteiger charge is 2.37. The Morgan fingerprint density at radius 2 is 1.88 bits per heavy atom. The normalized spacial score (nSPS) is 20.9. The van der Waals surface area contributed by atoms with Crippen molar-refractivity contribution in [3.05, 3.63) is 58.7 Å². The molecule has 0 spiro atoms. The Balaban J connectivity index is 1.80. The second-order valence-corrected chi connectivity index (χ2v) is 9.99. The highest BCUT2D eigenvalue weighted by Crippen LogP contribution is 2.46. The van der Waals surface area contributed by atoms with E-state index in [-0.39, 0.29) is 16.2 Å². The maximum Gasteiger partial charge on any atom is 0.270 e. The number of amides is 2. The first-order chi connectivity index (χ1) is 16.1. The first-order valence-corrected chi connectivity index (χ1v) is 12.0. The molecule has 0 aliphatic carbocycles. The van der Waals surface area contributed by atoms with Crippen LogP contribution in [0, 0.1) is 6.92 Å². The minimum Gasteiger partial charge on any atom is -0.496 e. The van der Waals surface area contributed by atoms with Gasteiger partial charge in [-0.2, -0.15) is 0 Å². The Bertz CT molecular complexity index is 1200. The number of hydrogen-bond donors (Lipinski definition) is 1. The second kappa shape index (κ2) is 8.87. The van der Waals surface area contributed by atoms with Gasteiger partial charge in [-0.3, -0.25) is 19.8 Å². The molecule has 2 aromatic carbocycles. The molecule has 7 heteroatoms. The van der Waals surface area contributed by atoms with Gasteiger partial charge < -0.3 is 9.64 Å². The van der Waals surface area contributed by atoms with Crippen molar-refractivity contribution in [2.24, 2.45) is 0 Å². The number of methoxy groups -OCH3 is 1. The molecule has 2 aromatic rings. The van der Waals surface area contributed by atoms with Crippen molar-refractivity contribution in [2.45, 2.75) is 52.5 Å². The molecule has 2 heterocycles. The van der Waals surface area contributed by atoms with Crippen LogP contribution in [0.5, 0.6) is 5.75 Å². The zero-order chi connectivity index (χ0) is 24.8. The van der Waals surface area contributed by atoms with E-state index >= 15 is 0 Å². The van der Waals surface area contributed by atoms with Gasteiger partial charge in [0.05, 0.1) is 12.8 Å². The highest BCUT2D eigenvalue weighted by molar-refractivity contribution is 7.80. The van der Waals surface area contributed by atoms with Crippen LogP contribution in [0.4, 0.5) is 11.4 Å². The van der Waals surface area contributed by atoms with E-state index in [1.807, 2.05) is 43.3 Å². The summed E-state index contributed by atoms with van der Waals surface area (Å²) in [5.41, 5.74) is 4.72. The highest BCUT2D eigenvalue weighted by atomic mass is 32.1. The fourth-order valence-corrected chi connectivity index (χ4v) is 5.44. The Morgan fingerprint density at radius 3 is 2.50 bits per heavy atom. The fourth-order valence-electron chi connectivity index (χ4n) is 5.16. The van der Waals surface area contributed by atoms with Crippen LogP contribution in [0.3, 0.4) is 0 Å². The molecule has 6 nitrogen and oxygen atoms in total. The van der Waals surface area contributed by atoms with Gasteiger partial charge in [0.15, 0.2) is 5.11 Å². The largest absolute Gasteiger partial charge is 0.496 e. The molecule has 0 aromatic heterocycles. The summed E-state index contributed by atoms with van der Waals surface area (Å²) < 4.78 is 5.71. The number of hydrogen-bond acceptors (Lipinski definition) is 5. The molecule has 34 heavy (non-hydrogen) atoms. The van der Waals surface area contributed by atoms with Crippen LogP contribution in [0.25, 0.3) is 6.08 Å². The number of aryl methyl sites for hydroxylation is 1.